The van der Waals surface area contributed by atoms with E-state index in [1.54, 1.807) is 0 Å². The monoisotopic (exact) mass is 316 g/mol. The van der Waals surface area contributed by atoms with Crippen molar-refractivity contribution in [2.75, 3.05) is 13.1 Å². The maximum atomic E-state index is 4.92. The molecule has 4 rings (SSSR count). The van der Waals surface area contributed by atoms with Gasteiger partial charge in [-0.1, -0.05) is 48.1 Å². The average molecular weight is 316 g/mol. The van der Waals surface area contributed by atoms with Gasteiger partial charge in [0, 0.05) is 12.7 Å². The number of hydrogen-bond donors (Lipinski definition) is 1. The van der Waals surface area contributed by atoms with Gasteiger partial charge < -0.3 is 5.32 Å². The summed E-state index contributed by atoms with van der Waals surface area (Å²) >= 11 is 0. The largest absolute Gasteiger partial charge is 0.313 e. The van der Waals surface area contributed by atoms with Gasteiger partial charge in [0.25, 0.3) is 0 Å². The van der Waals surface area contributed by atoms with Crippen LogP contribution in [0, 0.1) is 0 Å². The molecule has 2 aromatic rings. The minimum Gasteiger partial charge on any atom is -0.313 e. The van der Waals surface area contributed by atoms with Gasteiger partial charge in [0.1, 0.15) is 0 Å². The van der Waals surface area contributed by atoms with Crippen LogP contribution in [0.3, 0.4) is 0 Å². The highest BCUT2D eigenvalue weighted by Crippen LogP contribution is 2.47. The van der Waals surface area contributed by atoms with E-state index in [0.29, 0.717) is 0 Å². The van der Waals surface area contributed by atoms with Crippen LogP contribution in [-0.4, -0.2) is 18.1 Å². The zero-order valence-corrected chi connectivity index (χ0v) is 14.1. The van der Waals surface area contributed by atoms with Crippen LogP contribution in [0.5, 0.6) is 0 Å². The number of pyridine rings is 1. The van der Waals surface area contributed by atoms with Gasteiger partial charge in [-0.15, -0.1) is 6.58 Å². The number of aromatic nitrogens is 1. The van der Waals surface area contributed by atoms with Crippen LogP contribution in [-0.2, 0) is 18.3 Å². The molecule has 2 heterocycles. The molecule has 1 atom stereocenters. The number of hydrogen-bond acceptors (Lipinski definition) is 2. The van der Waals surface area contributed by atoms with Crippen molar-refractivity contribution in [1.82, 2.24) is 10.3 Å². The third kappa shape index (κ3) is 2.33. The molecule has 1 aromatic carbocycles. The predicted octanol–water partition coefficient (Wildman–Crippen LogP) is 3.96. The van der Waals surface area contributed by atoms with Gasteiger partial charge in [0.2, 0.25) is 0 Å². The molecule has 0 amide bonds. The summed E-state index contributed by atoms with van der Waals surface area (Å²) in [5.74, 6) is 0. The molecule has 0 spiro atoms. The fraction of sp³-hybridized carbons (Fsp3) is 0.318. The predicted molar refractivity (Wildman–Crippen MR) is 99.3 cm³/mol. The molecule has 1 aliphatic carbocycles. The van der Waals surface area contributed by atoms with E-state index in [0.717, 1.165) is 38.8 Å². The summed E-state index contributed by atoms with van der Waals surface area (Å²) in [7, 11) is 0. The number of rotatable bonds is 3. The smallest absolute Gasteiger partial charge is 0.0624 e. The highest BCUT2D eigenvalue weighted by atomic mass is 14.9. The molecule has 2 heteroatoms. The molecule has 1 aliphatic heterocycles. The lowest BCUT2D eigenvalue weighted by molar-refractivity contribution is 0.534. The van der Waals surface area contributed by atoms with Gasteiger partial charge >= 0.3 is 0 Å². The Labute approximate surface area is 144 Å². The standard InChI is InChI=1S/C22H24N2/c1-2-13-22(19-11-15-23-16-12-19)20-8-4-3-6-17(20)9-10-18-7-5-14-24-21(18)22/h2-8,11,14,23H,1,9-10,12-13,15-16H2. The quantitative estimate of drug-likeness (QED) is 0.867. The number of nitrogens with zero attached hydrogens (tertiary/aromatic N) is 1. The zero-order chi connectivity index (χ0) is 16.4. The zero-order valence-electron chi connectivity index (χ0n) is 14.1. The van der Waals surface area contributed by atoms with Crippen LogP contribution < -0.4 is 5.32 Å². The van der Waals surface area contributed by atoms with Crippen LogP contribution in [0.1, 0.15) is 35.2 Å². The van der Waals surface area contributed by atoms with Crippen molar-refractivity contribution < 1.29 is 0 Å². The molecule has 122 valence electrons. The summed E-state index contributed by atoms with van der Waals surface area (Å²) < 4.78 is 0. The Morgan fingerprint density at radius 3 is 2.75 bits per heavy atom. The third-order valence-corrected chi connectivity index (χ3v) is 5.50. The molecule has 0 fully saturated rings. The van der Waals surface area contributed by atoms with Crippen molar-refractivity contribution in [3.63, 3.8) is 0 Å². The lowest BCUT2D eigenvalue weighted by atomic mass is 9.66. The third-order valence-electron chi connectivity index (χ3n) is 5.50. The Balaban J connectivity index is 2.05. The summed E-state index contributed by atoms with van der Waals surface area (Å²) in [5.41, 5.74) is 6.84. The first-order valence-electron chi connectivity index (χ1n) is 8.90. The fourth-order valence-corrected chi connectivity index (χ4v) is 4.47. The highest BCUT2D eigenvalue weighted by molar-refractivity contribution is 5.54. The number of fused-ring (bicyclic) bond motifs is 2. The van der Waals surface area contributed by atoms with Gasteiger partial charge in [-0.05, 0) is 55.0 Å². The van der Waals surface area contributed by atoms with Gasteiger partial charge in [0.15, 0.2) is 0 Å². The molecule has 0 radical (unpaired) electrons. The topological polar surface area (TPSA) is 24.9 Å². The Kier molecular flexibility index (Phi) is 4.07. The molecule has 0 bridgehead atoms. The lowest BCUT2D eigenvalue weighted by Gasteiger charge is -2.38. The van der Waals surface area contributed by atoms with Crippen LogP contribution in [0.25, 0.3) is 0 Å². The first kappa shape index (κ1) is 15.3. The molecule has 2 aliphatic rings. The van der Waals surface area contributed by atoms with E-state index in [-0.39, 0.29) is 5.41 Å². The van der Waals surface area contributed by atoms with Gasteiger partial charge in [0.05, 0.1) is 11.1 Å². The van der Waals surface area contributed by atoms with Crippen LogP contribution in [0.4, 0.5) is 0 Å². The minimum absolute atomic E-state index is 0.159. The molecule has 1 N–H and O–H groups in total. The normalized spacial score (nSPS) is 22.8. The van der Waals surface area contributed by atoms with Crippen molar-refractivity contribution in [2.24, 2.45) is 0 Å². The van der Waals surface area contributed by atoms with E-state index >= 15 is 0 Å². The van der Waals surface area contributed by atoms with Crippen molar-refractivity contribution in [3.05, 3.63) is 89.3 Å². The van der Waals surface area contributed by atoms with Gasteiger partial charge in [-0.3, -0.25) is 4.98 Å². The van der Waals surface area contributed by atoms with Gasteiger partial charge in [-0.25, -0.2) is 0 Å². The summed E-state index contributed by atoms with van der Waals surface area (Å²) in [4.78, 5) is 4.92. The first-order valence-corrected chi connectivity index (χ1v) is 8.90. The second-order valence-corrected chi connectivity index (χ2v) is 6.75. The minimum atomic E-state index is -0.159. The van der Waals surface area contributed by atoms with Crippen LogP contribution in [0.15, 0.2) is 66.9 Å². The van der Waals surface area contributed by atoms with Crippen LogP contribution >= 0.6 is 0 Å². The summed E-state index contributed by atoms with van der Waals surface area (Å²) in [6, 6.07) is 13.3. The Morgan fingerprint density at radius 1 is 1.08 bits per heavy atom. The Morgan fingerprint density at radius 2 is 1.92 bits per heavy atom. The van der Waals surface area contributed by atoms with E-state index in [4.69, 9.17) is 4.98 Å². The molecular formula is C22H24N2. The number of allylic oxidation sites excluding steroid dienone is 1. The maximum Gasteiger partial charge on any atom is 0.0624 e. The summed E-state index contributed by atoms with van der Waals surface area (Å²) in [5, 5.41) is 3.45. The van der Waals surface area contributed by atoms with Crippen molar-refractivity contribution in [3.8, 4) is 0 Å². The first-order chi connectivity index (χ1) is 11.9. The fourth-order valence-electron chi connectivity index (χ4n) is 4.47. The summed E-state index contributed by atoms with van der Waals surface area (Å²) in [6.07, 6.45) is 10.5. The van der Waals surface area contributed by atoms with E-state index in [9.17, 15) is 0 Å². The molecule has 24 heavy (non-hydrogen) atoms. The highest BCUT2D eigenvalue weighted by Gasteiger charge is 2.42. The van der Waals surface area contributed by atoms with E-state index in [2.05, 4.69) is 60.4 Å². The second-order valence-electron chi connectivity index (χ2n) is 6.75. The molecule has 0 saturated heterocycles. The van der Waals surface area contributed by atoms with E-state index in [1.807, 2.05) is 6.20 Å². The second kappa shape index (κ2) is 6.37. The van der Waals surface area contributed by atoms with Crippen molar-refractivity contribution >= 4 is 0 Å². The van der Waals surface area contributed by atoms with Crippen LogP contribution in [0.2, 0.25) is 0 Å². The average Bonchev–Trinajstić information content (AvgIpc) is 2.79. The number of nitrogens with one attached hydrogen (secondary N) is 1. The molecule has 0 saturated carbocycles. The molecular weight excluding hydrogens is 292 g/mol. The maximum absolute atomic E-state index is 4.92. The van der Waals surface area contributed by atoms with Gasteiger partial charge in [-0.2, -0.15) is 0 Å². The van der Waals surface area contributed by atoms with Crippen molar-refractivity contribution in [1.29, 1.82) is 0 Å². The summed E-state index contributed by atoms with van der Waals surface area (Å²) in [6.45, 7) is 6.08. The van der Waals surface area contributed by atoms with E-state index < -0.39 is 0 Å². The lowest BCUT2D eigenvalue weighted by Crippen LogP contribution is -2.36. The number of aryl methyl sites for hydroxylation is 2. The SMILES string of the molecule is C=CCC1(C2=CCNCC2)c2ccccc2CCc2cccnc21. The van der Waals surface area contributed by atoms with E-state index in [1.165, 1.54) is 28.0 Å². The molecule has 1 aromatic heterocycles. The Hall–Kier alpha value is -2.19. The van der Waals surface area contributed by atoms with Crippen molar-refractivity contribution in [2.45, 2.75) is 31.1 Å². The molecule has 1 unspecified atom stereocenters. The number of benzene rings is 1. The Bertz CT molecular complexity index is 741. The molecule has 2 nitrogen and oxygen atoms in total.